The Hall–Kier alpha value is -4.17. The van der Waals surface area contributed by atoms with Crippen LogP contribution >= 0.6 is 11.6 Å². The minimum Gasteiger partial charge on any atom is -0.432 e. The van der Waals surface area contributed by atoms with Gasteiger partial charge in [0.25, 0.3) is 11.8 Å². The van der Waals surface area contributed by atoms with Gasteiger partial charge in [0.2, 0.25) is 11.7 Å². The highest BCUT2D eigenvalue weighted by Crippen LogP contribution is 2.31. The van der Waals surface area contributed by atoms with E-state index in [0.717, 1.165) is 37.7 Å². The predicted octanol–water partition coefficient (Wildman–Crippen LogP) is 3.91. The largest absolute Gasteiger partial charge is 0.432 e. The molecule has 2 fully saturated rings. The lowest BCUT2D eigenvalue weighted by atomic mass is 10.1. The molecule has 15 heteroatoms. The molecule has 2 aromatic carbocycles. The molecule has 43 heavy (non-hydrogen) atoms. The SMILES string of the molecule is Cn1c(-c2ccc(OC(F)F)c(F)c2F)cnc1C(=O)Nc1ccc(C(=O)N2CCN(C(=O)C3CCCN3)CC2)c(Cl)c1. The fourth-order valence-corrected chi connectivity index (χ4v) is 5.42. The van der Waals surface area contributed by atoms with Gasteiger partial charge in [0, 0.05) is 44.5 Å². The number of amides is 3. The highest BCUT2D eigenvalue weighted by Gasteiger charge is 2.31. The predicted molar refractivity (Wildman–Crippen MR) is 148 cm³/mol. The normalized spacial score (nSPS) is 17.0. The Morgan fingerprint density at radius 1 is 1.07 bits per heavy atom. The van der Waals surface area contributed by atoms with E-state index in [0.29, 0.717) is 26.2 Å². The summed E-state index contributed by atoms with van der Waals surface area (Å²) < 4.78 is 58.9. The third-order valence-corrected chi connectivity index (χ3v) is 7.74. The number of piperazine rings is 1. The second-order valence-corrected chi connectivity index (χ2v) is 10.5. The number of imidazole rings is 1. The zero-order valence-electron chi connectivity index (χ0n) is 22.9. The molecule has 3 heterocycles. The van der Waals surface area contributed by atoms with E-state index < -0.39 is 29.9 Å². The molecule has 0 aliphatic carbocycles. The van der Waals surface area contributed by atoms with E-state index in [9.17, 15) is 31.9 Å². The van der Waals surface area contributed by atoms with Crippen LogP contribution in [0.4, 0.5) is 23.2 Å². The second kappa shape index (κ2) is 12.6. The van der Waals surface area contributed by atoms with Gasteiger partial charge in [-0.2, -0.15) is 13.2 Å². The molecular formula is C28H27ClF4N6O4. The van der Waals surface area contributed by atoms with Gasteiger partial charge >= 0.3 is 6.61 Å². The maximum Gasteiger partial charge on any atom is 0.387 e. The lowest BCUT2D eigenvalue weighted by Crippen LogP contribution is -2.54. The van der Waals surface area contributed by atoms with E-state index in [1.54, 1.807) is 9.80 Å². The van der Waals surface area contributed by atoms with Crippen molar-refractivity contribution >= 4 is 35.0 Å². The highest BCUT2D eigenvalue weighted by atomic mass is 35.5. The molecule has 1 unspecified atom stereocenters. The number of rotatable bonds is 7. The number of hydrogen-bond acceptors (Lipinski definition) is 6. The standard InChI is InChI=1S/C28H27ClF4N6O4/c1-37-20(17-6-7-21(43-28(32)33)23(31)22(17)30)14-35-24(37)25(40)36-15-4-5-16(18(29)13-15)26(41)38-9-11-39(12-10-38)27(42)19-3-2-8-34-19/h4-7,13-14,19,28,34H,2-3,8-12H2,1H3,(H,36,40). The number of ether oxygens (including phenoxy) is 1. The van der Waals surface area contributed by atoms with Gasteiger partial charge in [0.05, 0.1) is 28.5 Å². The van der Waals surface area contributed by atoms with Crippen LogP contribution in [0.3, 0.4) is 0 Å². The van der Waals surface area contributed by atoms with E-state index >= 15 is 0 Å². The van der Waals surface area contributed by atoms with Crippen molar-refractivity contribution in [2.75, 3.05) is 38.0 Å². The van der Waals surface area contributed by atoms with Gasteiger partial charge in [-0.25, -0.2) is 9.37 Å². The van der Waals surface area contributed by atoms with E-state index in [-0.39, 0.29) is 51.2 Å². The van der Waals surface area contributed by atoms with Gasteiger partial charge in [0.1, 0.15) is 0 Å². The summed E-state index contributed by atoms with van der Waals surface area (Å²) in [5.74, 6) is -5.13. The van der Waals surface area contributed by atoms with Crippen molar-refractivity contribution < 1.29 is 36.7 Å². The second-order valence-electron chi connectivity index (χ2n) is 10.1. The van der Waals surface area contributed by atoms with Crippen LogP contribution in [0.15, 0.2) is 36.5 Å². The van der Waals surface area contributed by atoms with Crippen molar-refractivity contribution in [2.24, 2.45) is 7.05 Å². The topological polar surface area (TPSA) is 109 Å². The summed E-state index contributed by atoms with van der Waals surface area (Å²) in [5, 5.41) is 5.89. The first-order chi connectivity index (χ1) is 20.5. The third-order valence-electron chi connectivity index (χ3n) is 7.42. The summed E-state index contributed by atoms with van der Waals surface area (Å²) in [6.07, 6.45) is 2.91. The maximum atomic E-state index is 14.6. The molecule has 1 aromatic heterocycles. The van der Waals surface area contributed by atoms with Crippen molar-refractivity contribution in [2.45, 2.75) is 25.5 Å². The highest BCUT2D eigenvalue weighted by molar-refractivity contribution is 6.34. The van der Waals surface area contributed by atoms with Crippen molar-refractivity contribution in [3.05, 3.63) is 64.6 Å². The van der Waals surface area contributed by atoms with E-state index in [1.807, 2.05) is 0 Å². The van der Waals surface area contributed by atoms with Gasteiger partial charge < -0.3 is 29.7 Å². The molecule has 3 amide bonds. The van der Waals surface area contributed by atoms with Crippen LogP contribution in [-0.2, 0) is 11.8 Å². The summed E-state index contributed by atoms with van der Waals surface area (Å²) in [6, 6.07) is 6.09. The van der Waals surface area contributed by atoms with E-state index in [4.69, 9.17) is 11.6 Å². The van der Waals surface area contributed by atoms with Crippen molar-refractivity contribution in [1.29, 1.82) is 0 Å². The van der Waals surface area contributed by atoms with Crippen molar-refractivity contribution in [3.8, 4) is 17.0 Å². The van der Waals surface area contributed by atoms with Crippen molar-refractivity contribution in [3.63, 3.8) is 0 Å². The van der Waals surface area contributed by atoms with Crippen LogP contribution in [-0.4, -0.2) is 82.4 Å². The average Bonchev–Trinajstić information content (AvgIpc) is 3.65. The van der Waals surface area contributed by atoms with Crippen LogP contribution in [0, 0.1) is 11.6 Å². The summed E-state index contributed by atoms with van der Waals surface area (Å²) in [6.45, 7) is -0.945. The van der Waals surface area contributed by atoms with Gasteiger partial charge in [-0.05, 0) is 49.7 Å². The average molecular weight is 623 g/mol. The number of anilines is 1. The first kappa shape index (κ1) is 30.3. The van der Waals surface area contributed by atoms with Gasteiger partial charge in [-0.3, -0.25) is 14.4 Å². The van der Waals surface area contributed by atoms with Crippen LogP contribution in [0.1, 0.15) is 33.8 Å². The summed E-state index contributed by atoms with van der Waals surface area (Å²) in [7, 11) is 1.39. The number of nitrogens with one attached hydrogen (secondary N) is 2. The summed E-state index contributed by atoms with van der Waals surface area (Å²) >= 11 is 6.40. The molecular weight excluding hydrogens is 596 g/mol. The maximum absolute atomic E-state index is 14.6. The number of hydrogen-bond donors (Lipinski definition) is 2. The van der Waals surface area contributed by atoms with E-state index in [2.05, 4.69) is 20.4 Å². The molecule has 3 aromatic rings. The van der Waals surface area contributed by atoms with Gasteiger partial charge in [-0.15, -0.1) is 0 Å². The number of carbonyl (C=O) groups is 3. The fraction of sp³-hybridized carbons (Fsp3) is 0.357. The molecule has 1 atom stereocenters. The van der Waals surface area contributed by atoms with Crippen LogP contribution < -0.4 is 15.4 Å². The minimum atomic E-state index is -3.33. The minimum absolute atomic E-state index is 0.00502. The van der Waals surface area contributed by atoms with Crippen LogP contribution in [0.25, 0.3) is 11.3 Å². The molecule has 5 rings (SSSR count). The fourth-order valence-electron chi connectivity index (χ4n) is 5.16. The lowest BCUT2D eigenvalue weighted by molar-refractivity contribution is -0.134. The molecule has 0 spiro atoms. The number of halogens is 5. The zero-order valence-corrected chi connectivity index (χ0v) is 23.6. The quantitative estimate of drug-likeness (QED) is 0.387. The number of benzene rings is 2. The molecule has 0 radical (unpaired) electrons. The number of nitrogens with zero attached hydrogens (tertiary/aromatic N) is 4. The van der Waals surface area contributed by atoms with Crippen molar-refractivity contribution in [1.82, 2.24) is 24.7 Å². The first-order valence-electron chi connectivity index (χ1n) is 13.4. The molecule has 2 saturated heterocycles. The van der Waals surface area contributed by atoms with Gasteiger partial charge in [0.15, 0.2) is 17.4 Å². The molecule has 228 valence electrons. The van der Waals surface area contributed by atoms with E-state index in [1.165, 1.54) is 29.8 Å². The number of carbonyl (C=O) groups excluding carboxylic acids is 3. The Kier molecular flexibility index (Phi) is 8.87. The Balaban J connectivity index is 1.23. The first-order valence-corrected chi connectivity index (χ1v) is 13.8. The smallest absolute Gasteiger partial charge is 0.387 e. The Labute approximate surface area is 248 Å². The molecule has 2 aliphatic heterocycles. The Bertz CT molecular complexity index is 1550. The van der Waals surface area contributed by atoms with Crippen LogP contribution in [0.2, 0.25) is 5.02 Å². The summed E-state index contributed by atoms with van der Waals surface area (Å²) in [5.41, 5.74) is 0.166. The third kappa shape index (κ3) is 6.30. The molecule has 10 nitrogen and oxygen atoms in total. The molecule has 0 saturated carbocycles. The zero-order chi connectivity index (χ0) is 30.8. The number of aromatic nitrogens is 2. The Morgan fingerprint density at radius 2 is 1.79 bits per heavy atom. The lowest BCUT2D eigenvalue weighted by Gasteiger charge is -2.36. The van der Waals surface area contributed by atoms with Crippen LogP contribution in [0.5, 0.6) is 5.75 Å². The van der Waals surface area contributed by atoms with Gasteiger partial charge in [-0.1, -0.05) is 11.6 Å². The Morgan fingerprint density at radius 3 is 2.44 bits per heavy atom. The monoisotopic (exact) mass is 622 g/mol. The molecule has 2 N–H and O–H groups in total. The number of alkyl halides is 2. The summed E-state index contributed by atoms with van der Waals surface area (Å²) in [4.78, 5) is 46.1. The molecule has 0 bridgehead atoms. The molecule has 2 aliphatic rings.